The molecule has 0 fully saturated rings. The number of aromatic nitrogens is 1. The molecular weight excluding hydrogens is 629 g/mol. The van der Waals surface area contributed by atoms with Crippen LogP contribution in [0, 0.1) is 0 Å². The van der Waals surface area contributed by atoms with E-state index in [1.165, 1.54) is 71.3 Å². The number of hydrogen-bond donors (Lipinski definition) is 0. The van der Waals surface area contributed by atoms with Crippen molar-refractivity contribution in [3.05, 3.63) is 206 Å². The zero-order chi connectivity index (χ0) is 34.4. The van der Waals surface area contributed by atoms with Crippen LogP contribution in [0.2, 0.25) is 0 Å². The molecule has 0 atom stereocenters. The van der Waals surface area contributed by atoms with Crippen LogP contribution in [0.5, 0.6) is 0 Å². The Morgan fingerprint density at radius 3 is 1.69 bits per heavy atom. The second-order valence-electron chi connectivity index (χ2n) is 13.3. The van der Waals surface area contributed by atoms with Gasteiger partial charge in [0.25, 0.3) is 0 Å². The van der Waals surface area contributed by atoms with E-state index in [0.29, 0.717) is 0 Å². The quantitative estimate of drug-likeness (QED) is 0.172. The van der Waals surface area contributed by atoms with E-state index >= 15 is 0 Å². The molecule has 0 aliphatic carbocycles. The maximum atomic E-state index is 2.48. The van der Waals surface area contributed by atoms with E-state index < -0.39 is 0 Å². The minimum absolute atomic E-state index is 1.10. The van der Waals surface area contributed by atoms with E-state index in [-0.39, 0.29) is 0 Å². The van der Waals surface area contributed by atoms with Crippen molar-refractivity contribution in [1.82, 2.24) is 4.57 Å². The van der Waals surface area contributed by atoms with E-state index in [0.717, 1.165) is 17.1 Å². The van der Waals surface area contributed by atoms with Gasteiger partial charge in [-0.1, -0.05) is 164 Å². The highest BCUT2D eigenvalue weighted by molar-refractivity contribution is 6.19. The molecule has 2 heteroatoms. The average Bonchev–Trinajstić information content (AvgIpc) is 3.56. The first kappa shape index (κ1) is 30.0. The number of nitrogens with zero attached hydrogens (tertiary/aromatic N) is 2. The normalized spacial score (nSPS) is 11.5. The van der Waals surface area contributed by atoms with Gasteiger partial charge in [0.05, 0.1) is 22.4 Å². The van der Waals surface area contributed by atoms with Gasteiger partial charge in [0.15, 0.2) is 0 Å². The number of benzene rings is 9. The molecule has 0 saturated heterocycles. The second kappa shape index (κ2) is 12.5. The monoisotopic (exact) mass is 662 g/mol. The summed E-state index contributed by atoms with van der Waals surface area (Å²) in [5.41, 5.74) is 11.8. The van der Waals surface area contributed by atoms with Crippen LogP contribution in [0.15, 0.2) is 206 Å². The van der Waals surface area contributed by atoms with Gasteiger partial charge in [-0.15, -0.1) is 0 Å². The summed E-state index contributed by atoms with van der Waals surface area (Å²) in [7, 11) is 0. The van der Waals surface area contributed by atoms with E-state index in [1.807, 2.05) is 0 Å². The molecule has 10 rings (SSSR count). The van der Waals surface area contributed by atoms with Crippen molar-refractivity contribution in [1.29, 1.82) is 0 Å². The summed E-state index contributed by atoms with van der Waals surface area (Å²) >= 11 is 0. The molecule has 0 unspecified atom stereocenters. The lowest BCUT2D eigenvalue weighted by Crippen LogP contribution is -2.10. The molecule has 2 nitrogen and oxygen atoms in total. The van der Waals surface area contributed by atoms with Crippen LogP contribution < -0.4 is 4.90 Å². The molecule has 1 aromatic heterocycles. The van der Waals surface area contributed by atoms with Crippen molar-refractivity contribution >= 4 is 60.4 Å². The second-order valence-corrected chi connectivity index (χ2v) is 13.3. The van der Waals surface area contributed by atoms with Crippen LogP contribution in [0.25, 0.3) is 71.3 Å². The van der Waals surface area contributed by atoms with Crippen LogP contribution in [0.3, 0.4) is 0 Å². The van der Waals surface area contributed by atoms with Gasteiger partial charge in [0.1, 0.15) is 0 Å². The third kappa shape index (κ3) is 4.88. The first-order valence-corrected chi connectivity index (χ1v) is 17.9. The molecule has 10 aromatic rings. The molecular formula is C50H34N2. The van der Waals surface area contributed by atoms with Gasteiger partial charge in [0.2, 0.25) is 0 Å². The minimum atomic E-state index is 1.10. The molecule has 244 valence electrons. The first-order valence-electron chi connectivity index (χ1n) is 17.9. The Balaban J connectivity index is 1.17. The highest BCUT2D eigenvalue weighted by atomic mass is 15.1. The summed E-state index contributed by atoms with van der Waals surface area (Å²) in [5.74, 6) is 0. The third-order valence-corrected chi connectivity index (χ3v) is 10.4. The molecule has 52 heavy (non-hydrogen) atoms. The standard InChI is InChI=1S/C50H34N2/c1-3-15-35(16-4-1)40-20-9-10-21-41(40)37-29-32-39(33-30-37)51(38-18-5-2-6-19-38)47-27-13-25-44-43(47)24-14-28-49(44)52-48-26-12-11-23-45(48)46-34-31-36-17-7-8-22-42(36)50(46)52/h1-34H. The molecule has 9 aromatic carbocycles. The smallest absolute Gasteiger partial charge is 0.0619 e. The maximum Gasteiger partial charge on any atom is 0.0619 e. The van der Waals surface area contributed by atoms with Crippen LogP contribution in [-0.2, 0) is 0 Å². The van der Waals surface area contributed by atoms with Crippen molar-refractivity contribution in [2.24, 2.45) is 0 Å². The topological polar surface area (TPSA) is 8.17 Å². The van der Waals surface area contributed by atoms with E-state index in [1.54, 1.807) is 0 Å². The molecule has 0 aliphatic heterocycles. The van der Waals surface area contributed by atoms with Gasteiger partial charge in [-0.2, -0.15) is 0 Å². The first-order chi connectivity index (χ1) is 25.8. The summed E-state index contributed by atoms with van der Waals surface area (Å²) in [4.78, 5) is 2.39. The van der Waals surface area contributed by atoms with Gasteiger partial charge in [-0.25, -0.2) is 0 Å². The van der Waals surface area contributed by atoms with Gasteiger partial charge in [0, 0.05) is 38.3 Å². The van der Waals surface area contributed by atoms with Gasteiger partial charge in [-0.3, -0.25) is 0 Å². The number of hydrogen-bond acceptors (Lipinski definition) is 1. The molecule has 0 spiro atoms. The summed E-state index contributed by atoms with van der Waals surface area (Å²) in [6, 6.07) is 74.6. The maximum absolute atomic E-state index is 2.48. The molecule has 0 N–H and O–H groups in total. The summed E-state index contributed by atoms with van der Waals surface area (Å²) < 4.78 is 2.48. The third-order valence-electron chi connectivity index (χ3n) is 10.4. The molecule has 0 aliphatic rings. The van der Waals surface area contributed by atoms with E-state index in [2.05, 4.69) is 216 Å². The van der Waals surface area contributed by atoms with Gasteiger partial charge in [-0.05, 0) is 70.1 Å². The van der Waals surface area contributed by atoms with Crippen molar-refractivity contribution in [2.45, 2.75) is 0 Å². The fourth-order valence-electron chi connectivity index (χ4n) is 8.05. The number of para-hydroxylation sites is 2. The van der Waals surface area contributed by atoms with Crippen LogP contribution in [0.1, 0.15) is 0 Å². The van der Waals surface area contributed by atoms with Crippen molar-refractivity contribution < 1.29 is 0 Å². The fourth-order valence-corrected chi connectivity index (χ4v) is 8.05. The molecule has 1 heterocycles. The van der Waals surface area contributed by atoms with Crippen molar-refractivity contribution in [2.75, 3.05) is 4.90 Å². The zero-order valence-electron chi connectivity index (χ0n) is 28.5. The highest BCUT2D eigenvalue weighted by Gasteiger charge is 2.20. The minimum Gasteiger partial charge on any atom is -0.310 e. The number of fused-ring (bicyclic) bond motifs is 6. The Morgan fingerprint density at radius 2 is 0.904 bits per heavy atom. The van der Waals surface area contributed by atoms with E-state index in [9.17, 15) is 0 Å². The Morgan fingerprint density at radius 1 is 0.327 bits per heavy atom. The Labute approximate surface area is 303 Å². The summed E-state index contributed by atoms with van der Waals surface area (Å²) in [5, 5.41) is 7.41. The Bertz CT molecular complexity index is 2890. The Kier molecular flexibility index (Phi) is 7.18. The summed E-state index contributed by atoms with van der Waals surface area (Å²) in [6.07, 6.45) is 0. The molecule has 0 amide bonds. The summed E-state index contributed by atoms with van der Waals surface area (Å²) in [6.45, 7) is 0. The molecule has 0 radical (unpaired) electrons. The van der Waals surface area contributed by atoms with Crippen molar-refractivity contribution in [3.8, 4) is 27.9 Å². The predicted octanol–water partition coefficient (Wildman–Crippen LogP) is 13.9. The van der Waals surface area contributed by atoms with Gasteiger partial charge < -0.3 is 9.47 Å². The predicted molar refractivity (Wildman–Crippen MR) is 221 cm³/mol. The average molecular weight is 663 g/mol. The number of rotatable bonds is 6. The van der Waals surface area contributed by atoms with Crippen LogP contribution >= 0.6 is 0 Å². The number of anilines is 3. The lowest BCUT2D eigenvalue weighted by atomic mass is 9.94. The zero-order valence-corrected chi connectivity index (χ0v) is 28.5. The SMILES string of the molecule is c1ccc(-c2ccccc2-c2ccc(N(c3ccccc3)c3cccc4c(-n5c6ccccc6c6ccc7ccccc7c65)cccc34)cc2)cc1. The van der Waals surface area contributed by atoms with E-state index in [4.69, 9.17) is 0 Å². The molecule has 0 bridgehead atoms. The lowest BCUT2D eigenvalue weighted by Gasteiger charge is -2.27. The largest absolute Gasteiger partial charge is 0.310 e. The van der Waals surface area contributed by atoms with Crippen LogP contribution in [0.4, 0.5) is 17.1 Å². The highest BCUT2D eigenvalue weighted by Crippen LogP contribution is 2.43. The fraction of sp³-hybridized carbons (Fsp3) is 0. The molecule has 0 saturated carbocycles. The van der Waals surface area contributed by atoms with Gasteiger partial charge >= 0.3 is 0 Å². The lowest BCUT2D eigenvalue weighted by molar-refractivity contribution is 1.20. The Hall–Kier alpha value is -6.90. The van der Waals surface area contributed by atoms with Crippen molar-refractivity contribution in [3.63, 3.8) is 0 Å². The van der Waals surface area contributed by atoms with Crippen LogP contribution in [-0.4, -0.2) is 4.57 Å².